The number of benzene rings is 1. The van der Waals surface area contributed by atoms with E-state index in [2.05, 4.69) is 6.58 Å². The summed E-state index contributed by atoms with van der Waals surface area (Å²) in [6.07, 6.45) is 1.45. The Labute approximate surface area is 106 Å². The summed E-state index contributed by atoms with van der Waals surface area (Å²) in [7, 11) is 0. The van der Waals surface area contributed by atoms with Crippen LogP contribution >= 0.6 is 0 Å². The molecule has 1 fully saturated rings. The zero-order valence-corrected chi connectivity index (χ0v) is 10.2. The Morgan fingerprint density at radius 2 is 2.22 bits per heavy atom. The van der Waals surface area contributed by atoms with Crippen LogP contribution in [0.5, 0.6) is 0 Å². The first-order valence-electron chi connectivity index (χ1n) is 5.99. The Morgan fingerprint density at radius 3 is 2.89 bits per heavy atom. The van der Waals surface area contributed by atoms with Gasteiger partial charge in [0.05, 0.1) is 6.10 Å². The van der Waals surface area contributed by atoms with Crippen LogP contribution in [0.4, 0.5) is 5.69 Å². The monoisotopic (exact) mass is 247 g/mol. The van der Waals surface area contributed by atoms with Crippen LogP contribution in [-0.2, 0) is 9.53 Å². The van der Waals surface area contributed by atoms with E-state index in [0.29, 0.717) is 13.0 Å². The van der Waals surface area contributed by atoms with Gasteiger partial charge in [0.1, 0.15) is 12.6 Å². The molecular formula is C14H17NO3. The predicted octanol–water partition coefficient (Wildman–Crippen LogP) is 1.36. The number of carbonyl (C=O) groups is 1. The second-order valence-corrected chi connectivity index (χ2v) is 4.31. The predicted molar refractivity (Wildman–Crippen MR) is 69.4 cm³/mol. The van der Waals surface area contributed by atoms with Gasteiger partial charge in [-0.3, -0.25) is 0 Å². The number of aliphatic hydroxyl groups excluding tert-OH is 1. The normalized spacial score (nSPS) is 22.8. The van der Waals surface area contributed by atoms with Crippen molar-refractivity contribution in [3.05, 3.63) is 43.0 Å². The molecule has 4 nitrogen and oxygen atoms in total. The van der Waals surface area contributed by atoms with Crippen molar-refractivity contribution in [2.45, 2.75) is 18.6 Å². The number of para-hydroxylation sites is 1. The van der Waals surface area contributed by atoms with Crippen molar-refractivity contribution in [2.24, 2.45) is 0 Å². The summed E-state index contributed by atoms with van der Waals surface area (Å²) < 4.78 is 5.07. The van der Waals surface area contributed by atoms with Crippen molar-refractivity contribution >= 4 is 11.7 Å². The molecule has 0 saturated carbocycles. The molecule has 2 unspecified atom stereocenters. The summed E-state index contributed by atoms with van der Waals surface area (Å²) in [5, 5.41) is 9.74. The topological polar surface area (TPSA) is 49.8 Å². The molecule has 2 rings (SSSR count). The zero-order valence-electron chi connectivity index (χ0n) is 10.2. The van der Waals surface area contributed by atoms with Crippen molar-refractivity contribution in [3.63, 3.8) is 0 Å². The van der Waals surface area contributed by atoms with Gasteiger partial charge in [-0.25, -0.2) is 4.79 Å². The number of anilines is 1. The third-order valence-electron chi connectivity index (χ3n) is 2.98. The smallest absolute Gasteiger partial charge is 0.329 e. The Kier molecular flexibility index (Phi) is 3.99. The first-order chi connectivity index (χ1) is 8.72. The van der Waals surface area contributed by atoms with Gasteiger partial charge in [0.15, 0.2) is 0 Å². The fourth-order valence-corrected chi connectivity index (χ4v) is 2.18. The maximum Gasteiger partial charge on any atom is 0.329 e. The van der Waals surface area contributed by atoms with Crippen LogP contribution in [0.25, 0.3) is 0 Å². The van der Waals surface area contributed by atoms with Crippen LogP contribution in [0, 0.1) is 0 Å². The molecule has 1 aromatic carbocycles. The Morgan fingerprint density at radius 1 is 1.50 bits per heavy atom. The Balaban J connectivity index is 2.13. The fourth-order valence-electron chi connectivity index (χ4n) is 2.18. The summed E-state index contributed by atoms with van der Waals surface area (Å²) in [4.78, 5) is 13.8. The minimum Gasteiger partial charge on any atom is -0.460 e. The standard InChI is InChI=1S/C14H17NO3/c1-2-8-18-14(17)13-9-12(16)10-15(13)11-6-4-3-5-7-11/h2-7,12-13,16H,1,8-10H2. The molecule has 0 aliphatic carbocycles. The van der Waals surface area contributed by atoms with Crippen LogP contribution in [0.1, 0.15) is 6.42 Å². The van der Waals surface area contributed by atoms with Crippen LogP contribution in [0.3, 0.4) is 0 Å². The van der Waals surface area contributed by atoms with Crippen LogP contribution in [0.2, 0.25) is 0 Å². The lowest BCUT2D eigenvalue weighted by atomic mass is 10.2. The van der Waals surface area contributed by atoms with Crippen molar-refractivity contribution in [3.8, 4) is 0 Å². The van der Waals surface area contributed by atoms with Crippen LogP contribution < -0.4 is 4.90 Å². The number of hydrogen-bond acceptors (Lipinski definition) is 4. The van der Waals surface area contributed by atoms with E-state index in [0.717, 1.165) is 5.69 Å². The summed E-state index contributed by atoms with van der Waals surface area (Å²) in [6, 6.07) is 9.17. The number of β-amino-alcohol motifs (C(OH)–C–C–N with tert-alkyl or cyclic N) is 1. The number of esters is 1. The van der Waals surface area contributed by atoms with E-state index >= 15 is 0 Å². The van der Waals surface area contributed by atoms with Gasteiger partial charge < -0.3 is 14.7 Å². The third-order valence-corrected chi connectivity index (χ3v) is 2.98. The molecule has 0 bridgehead atoms. The lowest BCUT2D eigenvalue weighted by molar-refractivity contribution is -0.143. The van der Waals surface area contributed by atoms with E-state index in [4.69, 9.17) is 4.74 Å². The summed E-state index contributed by atoms with van der Waals surface area (Å²) in [5.41, 5.74) is 0.926. The maximum atomic E-state index is 11.9. The highest BCUT2D eigenvalue weighted by molar-refractivity contribution is 5.81. The number of nitrogens with zero attached hydrogens (tertiary/aromatic N) is 1. The quantitative estimate of drug-likeness (QED) is 0.644. The average molecular weight is 247 g/mol. The van der Waals surface area contributed by atoms with Crippen molar-refractivity contribution in [1.29, 1.82) is 0 Å². The summed E-state index contributed by atoms with van der Waals surface area (Å²) >= 11 is 0. The maximum absolute atomic E-state index is 11.9. The van der Waals surface area contributed by atoms with Gasteiger partial charge in [0, 0.05) is 18.7 Å². The van der Waals surface area contributed by atoms with Crippen LogP contribution in [0.15, 0.2) is 43.0 Å². The van der Waals surface area contributed by atoms with E-state index in [1.165, 1.54) is 6.08 Å². The molecule has 2 atom stereocenters. The summed E-state index contributed by atoms with van der Waals surface area (Å²) in [5.74, 6) is -0.310. The largest absolute Gasteiger partial charge is 0.460 e. The number of hydrogen-bond donors (Lipinski definition) is 1. The van der Waals surface area contributed by atoms with Gasteiger partial charge in [0.2, 0.25) is 0 Å². The van der Waals surface area contributed by atoms with E-state index in [1.807, 2.05) is 35.2 Å². The first kappa shape index (κ1) is 12.6. The SMILES string of the molecule is C=CCOC(=O)C1CC(O)CN1c1ccccc1. The lowest BCUT2D eigenvalue weighted by Crippen LogP contribution is -2.37. The second kappa shape index (κ2) is 5.69. The van der Waals surface area contributed by atoms with E-state index < -0.39 is 12.1 Å². The molecule has 1 heterocycles. The molecule has 0 spiro atoms. The molecular weight excluding hydrogens is 230 g/mol. The number of rotatable bonds is 4. The van der Waals surface area contributed by atoms with Gasteiger partial charge in [-0.05, 0) is 12.1 Å². The molecule has 1 N–H and O–H groups in total. The molecule has 18 heavy (non-hydrogen) atoms. The molecule has 0 aromatic heterocycles. The highest BCUT2D eigenvalue weighted by atomic mass is 16.5. The molecule has 1 aromatic rings. The highest BCUT2D eigenvalue weighted by Crippen LogP contribution is 2.26. The molecule has 1 saturated heterocycles. The van der Waals surface area contributed by atoms with Gasteiger partial charge in [-0.2, -0.15) is 0 Å². The first-order valence-corrected chi connectivity index (χ1v) is 5.99. The molecule has 0 radical (unpaired) electrons. The minimum atomic E-state index is -0.494. The number of ether oxygens (including phenoxy) is 1. The summed E-state index contributed by atoms with van der Waals surface area (Å²) in [6.45, 7) is 4.17. The lowest BCUT2D eigenvalue weighted by Gasteiger charge is -2.24. The second-order valence-electron chi connectivity index (χ2n) is 4.31. The van der Waals surface area contributed by atoms with Gasteiger partial charge >= 0.3 is 5.97 Å². The third kappa shape index (κ3) is 2.71. The van der Waals surface area contributed by atoms with E-state index in [9.17, 15) is 9.90 Å². The zero-order chi connectivity index (χ0) is 13.0. The highest BCUT2D eigenvalue weighted by Gasteiger charge is 2.36. The van der Waals surface area contributed by atoms with E-state index in [-0.39, 0.29) is 12.6 Å². The molecule has 0 amide bonds. The molecule has 4 heteroatoms. The molecule has 1 aliphatic heterocycles. The Hall–Kier alpha value is -1.81. The molecule has 96 valence electrons. The number of aliphatic hydroxyl groups is 1. The number of carbonyl (C=O) groups excluding carboxylic acids is 1. The van der Waals surface area contributed by atoms with Crippen molar-refractivity contribution in [2.75, 3.05) is 18.1 Å². The van der Waals surface area contributed by atoms with Crippen LogP contribution in [-0.4, -0.2) is 36.4 Å². The molecule has 1 aliphatic rings. The van der Waals surface area contributed by atoms with E-state index in [1.54, 1.807) is 0 Å². The minimum absolute atomic E-state index is 0.202. The van der Waals surface area contributed by atoms with Gasteiger partial charge in [-0.15, -0.1) is 0 Å². The average Bonchev–Trinajstić information content (AvgIpc) is 2.79. The van der Waals surface area contributed by atoms with Gasteiger partial charge in [0.25, 0.3) is 0 Å². The van der Waals surface area contributed by atoms with Gasteiger partial charge in [-0.1, -0.05) is 30.9 Å². The van der Waals surface area contributed by atoms with Crippen molar-refractivity contribution < 1.29 is 14.6 Å². The van der Waals surface area contributed by atoms with Crippen molar-refractivity contribution in [1.82, 2.24) is 0 Å². The Bertz CT molecular complexity index is 418. The fraction of sp³-hybridized carbons (Fsp3) is 0.357.